The Labute approximate surface area is 126 Å². The Balaban J connectivity index is 1.91. The molecule has 21 heavy (non-hydrogen) atoms. The van der Waals surface area contributed by atoms with Crippen molar-refractivity contribution in [3.63, 3.8) is 0 Å². The molecule has 1 aromatic carbocycles. The summed E-state index contributed by atoms with van der Waals surface area (Å²) in [6, 6.07) is 10.2. The standard InChI is InChI=1S/C17H24N2O2/c1-17(2,3)21-16(20)19-11-7-10-15(19)13-18-12-14-8-5-4-6-9-14/h4-6,8-9,13,15H,7,10-12H2,1-3H3/b18-13+/t15-/m0/s1. The number of ether oxygens (including phenoxy) is 1. The molecule has 1 aliphatic heterocycles. The molecule has 1 fully saturated rings. The van der Waals surface area contributed by atoms with Crippen LogP contribution in [0.5, 0.6) is 0 Å². The van der Waals surface area contributed by atoms with Crippen LogP contribution in [0.2, 0.25) is 0 Å². The molecule has 1 aliphatic rings. The molecule has 1 saturated heterocycles. The molecule has 114 valence electrons. The van der Waals surface area contributed by atoms with Gasteiger partial charge in [0, 0.05) is 12.8 Å². The van der Waals surface area contributed by atoms with Crippen molar-refractivity contribution in [2.24, 2.45) is 4.99 Å². The fraction of sp³-hybridized carbons (Fsp3) is 0.529. The number of carbonyl (C=O) groups excluding carboxylic acids is 1. The Bertz CT molecular complexity index is 491. The Morgan fingerprint density at radius 2 is 2.10 bits per heavy atom. The minimum atomic E-state index is -0.453. The number of aliphatic imine (C=N–C) groups is 1. The van der Waals surface area contributed by atoms with Gasteiger partial charge in [0.2, 0.25) is 0 Å². The van der Waals surface area contributed by atoms with Gasteiger partial charge in [-0.25, -0.2) is 4.79 Å². The van der Waals surface area contributed by atoms with Crippen LogP contribution in [0.3, 0.4) is 0 Å². The molecule has 1 atom stereocenters. The van der Waals surface area contributed by atoms with E-state index in [1.165, 1.54) is 5.56 Å². The second-order valence-electron chi connectivity index (χ2n) is 6.36. The lowest BCUT2D eigenvalue weighted by molar-refractivity contribution is 0.0268. The highest BCUT2D eigenvalue weighted by molar-refractivity contribution is 5.76. The number of carbonyl (C=O) groups is 1. The Morgan fingerprint density at radius 1 is 1.38 bits per heavy atom. The summed E-state index contributed by atoms with van der Waals surface area (Å²) in [6.07, 6.45) is 3.61. The van der Waals surface area contributed by atoms with Crippen LogP contribution in [0, 0.1) is 0 Å². The fourth-order valence-corrected chi connectivity index (χ4v) is 2.36. The van der Waals surface area contributed by atoms with Gasteiger partial charge in [0.15, 0.2) is 0 Å². The van der Waals surface area contributed by atoms with E-state index in [1.54, 1.807) is 4.90 Å². The maximum atomic E-state index is 12.1. The molecule has 0 bridgehead atoms. The van der Waals surface area contributed by atoms with Crippen LogP contribution in [-0.4, -0.2) is 35.4 Å². The largest absolute Gasteiger partial charge is 0.444 e. The van der Waals surface area contributed by atoms with Crippen molar-refractivity contribution >= 4 is 12.3 Å². The Kier molecular flexibility index (Phi) is 4.99. The van der Waals surface area contributed by atoms with E-state index in [1.807, 2.05) is 45.2 Å². The van der Waals surface area contributed by atoms with Crippen LogP contribution in [0.15, 0.2) is 35.3 Å². The highest BCUT2D eigenvalue weighted by atomic mass is 16.6. The van der Waals surface area contributed by atoms with Gasteiger partial charge < -0.3 is 9.64 Å². The first-order valence-corrected chi connectivity index (χ1v) is 7.49. The predicted molar refractivity (Wildman–Crippen MR) is 84.6 cm³/mol. The molecule has 1 heterocycles. The third-order valence-electron chi connectivity index (χ3n) is 3.32. The van der Waals surface area contributed by atoms with Gasteiger partial charge in [-0.2, -0.15) is 0 Å². The Morgan fingerprint density at radius 3 is 2.76 bits per heavy atom. The van der Waals surface area contributed by atoms with E-state index in [-0.39, 0.29) is 12.1 Å². The molecule has 0 N–H and O–H groups in total. The molecule has 0 aliphatic carbocycles. The van der Waals surface area contributed by atoms with E-state index in [2.05, 4.69) is 17.1 Å². The summed E-state index contributed by atoms with van der Waals surface area (Å²) in [5, 5.41) is 0. The second kappa shape index (κ2) is 6.74. The monoisotopic (exact) mass is 288 g/mol. The van der Waals surface area contributed by atoms with Crippen molar-refractivity contribution in [3.05, 3.63) is 35.9 Å². The molecular weight excluding hydrogens is 264 g/mol. The number of hydrogen-bond donors (Lipinski definition) is 0. The van der Waals surface area contributed by atoms with Crippen LogP contribution in [0.4, 0.5) is 4.79 Å². The van der Waals surface area contributed by atoms with E-state index in [9.17, 15) is 4.79 Å². The number of benzene rings is 1. The third kappa shape index (κ3) is 4.88. The van der Waals surface area contributed by atoms with Gasteiger partial charge in [-0.05, 0) is 39.2 Å². The zero-order valence-electron chi connectivity index (χ0n) is 13.1. The van der Waals surface area contributed by atoms with Crippen LogP contribution in [0.25, 0.3) is 0 Å². The summed E-state index contributed by atoms with van der Waals surface area (Å²) < 4.78 is 5.44. The van der Waals surface area contributed by atoms with Crippen LogP contribution in [-0.2, 0) is 11.3 Å². The quantitative estimate of drug-likeness (QED) is 0.797. The van der Waals surface area contributed by atoms with Gasteiger partial charge in [-0.15, -0.1) is 0 Å². The molecule has 2 rings (SSSR count). The molecule has 4 nitrogen and oxygen atoms in total. The van der Waals surface area contributed by atoms with Crippen molar-refractivity contribution in [1.29, 1.82) is 0 Å². The first kappa shape index (κ1) is 15.5. The Hall–Kier alpha value is -1.84. The maximum absolute atomic E-state index is 12.1. The highest BCUT2D eigenvalue weighted by Gasteiger charge is 2.30. The van der Waals surface area contributed by atoms with Crippen LogP contribution in [0.1, 0.15) is 39.2 Å². The van der Waals surface area contributed by atoms with E-state index in [0.29, 0.717) is 6.54 Å². The summed E-state index contributed by atoms with van der Waals surface area (Å²) in [5.74, 6) is 0. The third-order valence-corrected chi connectivity index (χ3v) is 3.32. The number of hydrogen-bond acceptors (Lipinski definition) is 3. The fourth-order valence-electron chi connectivity index (χ4n) is 2.36. The summed E-state index contributed by atoms with van der Waals surface area (Å²) in [5.41, 5.74) is 0.723. The summed E-state index contributed by atoms with van der Waals surface area (Å²) in [7, 11) is 0. The first-order chi connectivity index (χ1) is 9.96. The van der Waals surface area contributed by atoms with E-state index < -0.39 is 5.60 Å². The lowest BCUT2D eigenvalue weighted by Crippen LogP contribution is -2.40. The minimum Gasteiger partial charge on any atom is -0.444 e. The normalized spacial score (nSPS) is 19.2. The average molecular weight is 288 g/mol. The second-order valence-corrected chi connectivity index (χ2v) is 6.36. The summed E-state index contributed by atoms with van der Waals surface area (Å²) in [4.78, 5) is 18.4. The molecular formula is C17H24N2O2. The lowest BCUT2D eigenvalue weighted by Gasteiger charge is -2.27. The van der Waals surface area contributed by atoms with Gasteiger partial charge in [0.05, 0.1) is 12.6 Å². The van der Waals surface area contributed by atoms with Crippen molar-refractivity contribution < 1.29 is 9.53 Å². The molecule has 0 aromatic heterocycles. The van der Waals surface area contributed by atoms with Crippen molar-refractivity contribution in [1.82, 2.24) is 4.90 Å². The predicted octanol–water partition coefficient (Wildman–Crippen LogP) is 3.66. The lowest BCUT2D eigenvalue weighted by atomic mass is 10.2. The summed E-state index contributed by atoms with van der Waals surface area (Å²) in [6.45, 7) is 7.06. The van der Waals surface area contributed by atoms with Crippen molar-refractivity contribution in [2.45, 2.75) is 51.8 Å². The van der Waals surface area contributed by atoms with Gasteiger partial charge in [0.25, 0.3) is 0 Å². The van der Waals surface area contributed by atoms with E-state index in [0.717, 1.165) is 19.4 Å². The van der Waals surface area contributed by atoms with Crippen LogP contribution >= 0.6 is 0 Å². The van der Waals surface area contributed by atoms with Gasteiger partial charge in [-0.3, -0.25) is 4.99 Å². The van der Waals surface area contributed by atoms with Crippen molar-refractivity contribution in [2.75, 3.05) is 6.54 Å². The molecule has 0 saturated carbocycles. The molecule has 0 unspecified atom stereocenters. The topological polar surface area (TPSA) is 41.9 Å². The molecule has 1 aromatic rings. The highest BCUT2D eigenvalue weighted by Crippen LogP contribution is 2.19. The van der Waals surface area contributed by atoms with Crippen molar-refractivity contribution in [3.8, 4) is 0 Å². The number of likely N-dealkylation sites (tertiary alicyclic amines) is 1. The van der Waals surface area contributed by atoms with Gasteiger partial charge >= 0.3 is 6.09 Å². The van der Waals surface area contributed by atoms with E-state index >= 15 is 0 Å². The van der Waals surface area contributed by atoms with Gasteiger partial charge in [-0.1, -0.05) is 30.3 Å². The number of rotatable bonds is 3. The van der Waals surface area contributed by atoms with Crippen LogP contribution < -0.4 is 0 Å². The SMILES string of the molecule is CC(C)(C)OC(=O)N1CCC[C@H]1/C=N/Cc1ccccc1. The minimum absolute atomic E-state index is 0.0589. The smallest absolute Gasteiger partial charge is 0.410 e. The zero-order chi connectivity index (χ0) is 15.3. The summed E-state index contributed by atoms with van der Waals surface area (Å²) >= 11 is 0. The van der Waals surface area contributed by atoms with Gasteiger partial charge in [0.1, 0.15) is 5.60 Å². The molecule has 0 radical (unpaired) electrons. The average Bonchev–Trinajstić information content (AvgIpc) is 2.86. The maximum Gasteiger partial charge on any atom is 0.410 e. The molecule has 4 heteroatoms. The first-order valence-electron chi connectivity index (χ1n) is 7.49. The number of amides is 1. The van der Waals surface area contributed by atoms with E-state index in [4.69, 9.17) is 4.74 Å². The number of nitrogens with zero attached hydrogens (tertiary/aromatic N) is 2. The molecule has 1 amide bonds. The zero-order valence-corrected chi connectivity index (χ0v) is 13.1. The molecule has 0 spiro atoms.